The Kier molecular flexibility index (Phi) is 35.3. The maximum atomic E-state index is 14.9. The predicted molar refractivity (Wildman–Crippen MR) is 544 cm³/mol. The SMILES string of the molecule is CCCCC(CC)COc1cc(/C=C2\C(=O)c3cc(C#N)c(C)cc3C2=C(C#N)C#N)sc1-c1cc2c(s1)-c1sc(-c3cc4c(s3)-c3sc(-c5sc(/C=C6\C(=O)c7cc(C#N)c(C#N)cc7C6=C(C#N)C#N)cc5OCC(CC)CCCC)cc3OC4(CCC(C)CCCC(C)C)CCC(C)CCCC(C)C)cc1C(CCC(C)CCCC(C)C)(CCC(C)CCCC(C)C)O2. The first-order valence-electron chi connectivity index (χ1n) is 48.7. The number of unbranched alkanes of at least 4 members (excludes halogenated alkanes) is 2. The number of carbonyl (C=O) groups is 2. The molecule has 131 heavy (non-hydrogen) atoms. The van der Waals surface area contributed by atoms with Gasteiger partial charge in [0, 0.05) is 76.2 Å². The summed E-state index contributed by atoms with van der Waals surface area (Å²) in [7, 11) is 0. The van der Waals surface area contributed by atoms with Crippen LogP contribution in [0.25, 0.3) is 72.1 Å². The molecule has 12 rings (SSSR count). The molecule has 0 fully saturated rings. The molecule has 0 spiro atoms. The van der Waals surface area contributed by atoms with Crippen LogP contribution >= 0.6 is 68.0 Å². The van der Waals surface area contributed by atoms with E-state index in [0.29, 0.717) is 105 Å². The molecule has 4 aliphatic rings. The van der Waals surface area contributed by atoms with Crippen molar-refractivity contribution in [1.82, 2.24) is 0 Å². The number of hydrogen-bond acceptors (Lipinski definition) is 19. The summed E-state index contributed by atoms with van der Waals surface area (Å²) < 4.78 is 30.6. The van der Waals surface area contributed by atoms with Crippen LogP contribution in [-0.2, 0) is 11.2 Å². The number of fused-ring (bicyclic) bond motifs is 8. The standard InChI is InChI=1S/C112H133N7O6S6/c1-18-22-36-76(20-3)65-122-93-52-83(50-89-101(81(61-116)62-117)85-46-75(17)78(58-113)47-87(85)103(89)120)126-107(93)99-56-95-109(130-99)105-91(111(124-95,42-38-71(13)32-24-28-67(5)6)43-39-72(14)33-25-29-68(7)8)54-97(128-105)98-55-92-106(129-98)110-96(125-112(92,44-40-73(15)34-26-30-69(9)10)45-41-74(16)35-27-31-70(11)12)57-100(131-110)108-94(123-66-77(21-4)37-23-19-2)53-84(127-108)51-90-102(82(63-118)64-119)86-48-79(59-114)80(60-115)49-88(86)104(90)121/h46-57,67-74,76-77H,18-45,65-66H2,1-17H3/b89-50-,90-51-. The van der Waals surface area contributed by atoms with E-state index < -0.39 is 17.0 Å². The molecule has 19 heteroatoms. The molecule has 0 radical (unpaired) electrons. The highest BCUT2D eigenvalue weighted by Crippen LogP contribution is 2.64. The fourth-order valence-electron chi connectivity index (χ4n) is 19.3. The van der Waals surface area contributed by atoms with Gasteiger partial charge in [-0.05, 0) is 208 Å². The zero-order valence-corrected chi connectivity index (χ0v) is 85.3. The molecule has 0 saturated heterocycles. The van der Waals surface area contributed by atoms with Gasteiger partial charge in [0.25, 0.3) is 0 Å². The first-order chi connectivity index (χ1) is 63.0. The lowest BCUT2D eigenvalue weighted by molar-refractivity contribution is 0.0322. The summed E-state index contributed by atoms with van der Waals surface area (Å²) in [6.07, 6.45) is 33.0. The number of rotatable bonds is 47. The Labute approximate surface area is 805 Å². The molecule has 8 aromatic rings. The second kappa shape index (κ2) is 46.0. The summed E-state index contributed by atoms with van der Waals surface area (Å²) in [6.45, 7) is 40.0. The van der Waals surface area contributed by atoms with Crippen molar-refractivity contribution in [3.63, 3.8) is 0 Å². The van der Waals surface area contributed by atoms with Gasteiger partial charge in [0.05, 0.1) is 75.0 Å². The van der Waals surface area contributed by atoms with Crippen LogP contribution in [-0.4, -0.2) is 24.8 Å². The Morgan fingerprint density at radius 2 is 0.710 bits per heavy atom. The maximum absolute atomic E-state index is 14.9. The monoisotopic (exact) mass is 1860 g/mol. The number of benzene rings is 2. The van der Waals surface area contributed by atoms with Crippen LogP contribution in [0.1, 0.15) is 366 Å². The average Bonchev–Trinajstić information content (AvgIpc) is 1.55. The van der Waals surface area contributed by atoms with Gasteiger partial charge in [-0.2, -0.15) is 36.8 Å². The average molecular weight is 1870 g/mol. The molecule has 2 aliphatic heterocycles. The molecule has 0 saturated carbocycles. The molecule has 2 aliphatic carbocycles. The van der Waals surface area contributed by atoms with Crippen molar-refractivity contribution in [2.75, 3.05) is 13.2 Å². The van der Waals surface area contributed by atoms with E-state index in [1.54, 1.807) is 40.9 Å². The summed E-state index contributed by atoms with van der Waals surface area (Å²) in [6, 6.07) is 34.6. The number of nitriles is 7. The first kappa shape index (κ1) is 101. The second-order valence-electron chi connectivity index (χ2n) is 39.7. The van der Waals surface area contributed by atoms with Gasteiger partial charge < -0.3 is 18.9 Å². The summed E-state index contributed by atoms with van der Waals surface area (Å²) in [5.74, 6) is 7.13. The number of Topliss-reactive ketones (excluding diaryl/α,β-unsaturated/α-hetero) is 2. The van der Waals surface area contributed by atoms with Gasteiger partial charge in [0.15, 0.2) is 11.6 Å². The fraction of sp³-hybridized carbons (Fsp3) is 0.527. The van der Waals surface area contributed by atoms with Gasteiger partial charge in [-0.15, -0.1) is 68.0 Å². The smallest absolute Gasteiger partial charge is 0.194 e. The van der Waals surface area contributed by atoms with Gasteiger partial charge in [-0.3, -0.25) is 9.59 Å². The zero-order valence-electron chi connectivity index (χ0n) is 80.4. The van der Waals surface area contributed by atoms with Crippen molar-refractivity contribution >= 4 is 103 Å². The Hall–Kier alpha value is -9.43. The summed E-state index contributed by atoms with van der Waals surface area (Å²) >= 11 is 10.2. The molecule has 0 amide bonds. The first-order valence-corrected chi connectivity index (χ1v) is 53.6. The van der Waals surface area contributed by atoms with Gasteiger partial charge in [0.2, 0.25) is 0 Å². The Morgan fingerprint density at radius 3 is 1.04 bits per heavy atom. The van der Waals surface area contributed by atoms with Crippen LogP contribution in [0.5, 0.6) is 23.0 Å². The van der Waals surface area contributed by atoms with Gasteiger partial charge in [0.1, 0.15) is 81.8 Å². The quantitative estimate of drug-likeness (QED) is 0.0255. The van der Waals surface area contributed by atoms with Crippen LogP contribution in [0.4, 0.5) is 0 Å². The van der Waals surface area contributed by atoms with Crippen LogP contribution in [0.15, 0.2) is 83.0 Å². The molecule has 0 N–H and O–H groups in total. The minimum Gasteiger partial charge on any atom is -0.492 e. The van der Waals surface area contributed by atoms with Crippen molar-refractivity contribution in [2.45, 2.75) is 309 Å². The lowest BCUT2D eigenvalue weighted by Crippen LogP contribution is -2.36. The van der Waals surface area contributed by atoms with E-state index in [1.807, 2.05) is 59.9 Å². The number of allylic oxidation sites excluding steroid dienone is 6. The van der Waals surface area contributed by atoms with Crippen molar-refractivity contribution in [3.05, 3.63) is 148 Å². The predicted octanol–water partition coefficient (Wildman–Crippen LogP) is 33.8. The van der Waals surface area contributed by atoms with Gasteiger partial charge >= 0.3 is 0 Å². The molecule has 6 unspecified atom stereocenters. The molecular formula is C112H133N7O6S6. The van der Waals surface area contributed by atoms with Crippen molar-refractivity contribution in [1.29, 1.82) is 36.8 Å². The second-order valence-corrected chi connectivity index (χ2v) is 46.1. The summed E-state index contributed by atoms with van der Waals surface area (Å²) in [5, 5.41) is 72.9. The lowest BCUT2D eigenvalue weighted by Gasteiger charge is -2.39. The summed E-state index contributed by atoms with van der Waals surface area (Å²) in [5.41, 5.74) is 3.70. The zero-order chi connectivity index (χ0) is 94.1. The maximum Gasteiger partial charge on any atom is 0.194 e. The Morgan fingerprint density at radius 1 is 0.374 bits per heavy atom. The minimum atomic E-state index is -0.706. The third-order valence-electron chi connectivity index (χ3n) is 27.6. The highest BCUT2D eigenvalue weighted by atomic mass is 32.1. The topological polar surface area (TPSA) is 238 Å². The number of thiophene rings is 6. The van der Waals surface area contributed by atoms with Crippen LogP contribution in [0.3, 0.4) is 0 Å². The van der Waals surface area contributed by atoms with E-state index in [1.165, 1.54) is 117 Å². The number of carbonyl (C=O) groups excluding carboxylic acids is 2. The highest BCUT2D eigenvalue weighted by molar-refractivity contribution is 7.31. The van der Waals surface area contributed by atoms with Crippen LogP contribution in [0, 0.1) is 145 Å². The molecule has 2 aromatic carbocycles. The minimum absolute atomic E-state index is 0.0364. The normalized spacial score (nSPS) is 17.3. The van der Waals surface area contributed by atoms with Gasteiger partial charge in [-0.25, -0.2) is 0 Å². The van der Waals surface area contributed by atoms with Crippen LogP contribution in [0.2, 0.25) is 0 Å². The van der Waals surface area contributed by atoms with E-state index in [0.717, 1.165) is 174 Å². The number of ketones is 2. The Bertz CT molecular complexity index is 5730. The van der Waals surface area contributed by atoms with Gasteiger partial charge in [-0.1, -0.05) is 226 Å². The molecule has 688 valence electrons. The molecular weight excluding hydrogens is 1730 g/mol. The lowest BCUT2D eigenvalue weighted by atomic mass is 9.78. The van der Waals surface area contributed by atoms with E-state index in [-0.39, 0.29) is 67.4 Å². The molecule has 13 nitrogen and oxygen atoms in total. The van der Waals surface area contributed by atoms with E-state index in [2.05, 4.69) is 165 Å². The number of nitrogens with zero attached hydrogens (tertiary/aromatic N) is 7. The highest BCUT2D eigenvalue weighted by Gasteiger charge is 2.48. The Balaban J connectivity index is 1.07. The molecule has 6 atom stereocenters. The fourth-order valence-corrected chi connectivity index (χ4v) is 26.6. The molecule has 6 aromatic heterocycles. The van der Waals surface area contributed by atoms with E-state index in [9.17, 15) is 46.4 Å². The number of hydrogen-bond donors (Lipinski definition) is 0. The third kappa shape index (κ3) is 23.5. The number of ether oxygens (including phenoxy) is 4. The molecule has 8 heterocycles. The molecule has 0 bridgehead atoms. The van der Waals surface area contributed by atoms with E-state index in [4.69, 9.17) is 18.9 Å². The van der Waals surface area contributed by atoms with Crippen molar-refractivity contribution in [3.8, 4) is 114 Å². The van der Waals surface area contributed by atoms with Crippen LogP contribution < -0.4 is 18.9 Å². The largest absolute Gasteiger partial charge is 0.492 e. The van der Waals surface area contributed by atoms with Crippen molar-refractivity contribution < 1.29 is 28.5 Å². The summed E-state index contributed by atoms with van der Waals surface area (Å²) in [4.78, 5) is 41.9. The van der Waals surface area contributed by atoms with Crippen molar-refractivity contribution in [2.24, 2.45) is 59.2 Å². The third-order valence-corrected chi connectivity index (χ3v) is 35.1. The number of aryl methyl sites for hydroxylation is 1. The van der Waals surface area contributed by atoms with E-state index >= 15 is 0 Å².